The molecule has 0 saturated heterocycles. The van der Waals surface area contributed by atoms with Crippen molar-refractivity contribution in [1.82, 2.24) is 15.1 Å². The van der Waals surface area contributed by atoms with Gasteiger partial charge in [0, 0.05) is 12.1 Å². The van der Waals surface area contributed by atoms with E-state index >= 15 is 0 Å². The molecule has 2 rings (SSSR count). The Morgan fingerprint density at radius 3 is 2.52 bits per heavy atom. The van der Waals surface area contributed by atoms with E-state index in [1.807, 2.05) is 20.8 Å². The maximum absolute atomic E-state index is 12.0. The van der Waals surface area contributed by atoms with E-state index in [1.54, 1.807) is 4.68 Å². The Morgan fingerprint density at radius 2 is 1.96 bits per heavy atom. The van der Waals surface area contributed by atoms with Crippen molar-refractivity contribution in [2.45, 2.75) is 37.8 Å². The minimum atomic E-state index is -3.26. The monoisotopic (exact) mass is 340 g/mol. The first-order chi connectivity index (χ1) is 10.5. The number of sulfone groups is 1. The maximum atomic E-state index is 12.0. The molecule has 8 nitrogen and oxygen atoms in total. The van der Waals surface area contributed by atoms with E-state index in [2.05, 4.69) is 22.3 Å². The summed E-state index contributed by atoms with van der Waals surface area (Å²) in [5.74, 6) is -1.78. The van der Waals surface area contributed by atoms with Gasteiger partial charge >= 0.3 is 11.8 Å². The second kappa shape index (κ2) is 5.80. The Balaban J connectivity index is 2.36. The van der Waals surface area contributed by atoms with Crippen LogP contribution in [-0.2, 0) is 36.5 Å². The molecule has 2 heterocycles. The van der Waals surface area contributed by atoms with Crippen LogP contribution in [0.2, 0.25) is 0 Å². The van der Waals surface area contributed by atoms with E-state index < -0.39 is 27.2 Å². The van der Waals surface area contributed by atoms with Crippen LogP contribution in [0.4, 0.5) is 5.82 Å². The van der Waals surface area contributed by atoms with Crippen molar-refractivity contribution < 1.29 is 18.0 Å². The fourth-order valence-electron chi connectivity index (χ4n) is 2.27. The summed E-state index contributed by atoms with van der Waals surface area (Å²) < 4.78 is 25.1. The van der Waals surface area contributed by atoms with E-state index in [0.717, 1.165) is 0 Å². The third-order valence-corrected chi connectivity index (χ3v) is 4.71. The van der Waals surface area contributed by atoms with Gasteiger partial charge in [-0.2, -0.15) is 5.10 Å². The third-order valence-electron chi connectivity index (χ3n) is 3.27. The lowest BCUT2D eigenvalue weighted by atomic mass is 10.1. The van der Waals surface area contributed by atoms with Gasteiger partial charge in [0.15, 0.2) is 9.84 Å². The Hall–Kier alpha value is -2.16. The van der Waals surface area contributed by atoms with Crippen LogP contribution < -0.4 is 10.6 Å². The van der Waals surface area contributed by atoms with Gasteiger partial charge in [-0.1, -0.05) is 6.08 Å². The largest absolute Gasteiger partial charge is 0.344 e. The van der Waals surface area contributed by atoms with Crippen molar-refractivity contribution in [3.63, 3.8) is 0 Å². The number of nitrogens with zero attached hydrogens (tertiary/aromatic N) is 2. The molecule has 0 atom stereocenters. The lowest BCUT2D eigenvalue weighted by Crippen LogP contribution is -2.37. The molecule has 1 aliphatic heterocycles. The minimum absolute atomic E-state index is 0.156. The zero-order valence-corrected chi connectivity index (χ0v) is 14.2. The van der Waals surface area contributed by atoms with E-state index in [9.17, 15) is 18.0 Å². The van der Waals surface area contributed by atoms with Gasteiger partial charge < -0.3 is 10.6 Å². The van der Waals surface area contributed by atoms with Gasteiger partial charge in [-0.05, 0) is 20.8 Å². The molecule has 0 radical (unpaired) electrons. The Labute approximate surface area is 134 Å². The van der Waals surface area contributed by atoms with Crippen molar-refractivity contribution in [2.75, 3.05) is 11.9 Å². The van der Waals surface area contributed by atoms with Gasteiger partial charge in [-0.3, -0.25) is 9.59 Å². The molecule has 126 valence electrons. The van der Waals surface area contributed by atoms with Gasteiger partial charge in [-0.15, -0.1) is 6.58 Å². The molecule has 2 N–H and O–H groups in total. The van der Waals surface area contributed by atoms with E-state index in [1.165, 1.54) is 6.08 Å². The number of rotatable bonds is 3. The second-order valence-electron chi connectivity index (χ2n) is 6.34. The highest BCUT2D eigenvalue weighted by atomic mass is 32.2. The summed E-state index contributed by atoms with van der Waals surface area (Å²) in [6.45, 7) is 9.23. The molecule has 0 aliphatic carbocycles. The summed E-state index contributed by atoms with van der Waals surface area (Å²) in [5.41, 5.74) is 0.389. The number of carbonyl (C=O) groups is 2. The third kappa shape index (κ3) is 3.61. The fraction of sp³-hybridized carbons (Fsp3) is 0.500. The number of fused-ring (bicyclic) bond motifs is 1. The molecule has 1 aromatic heterocycles. The van der Waals surface area contributed by atoms with Crippen molar-refractivity contribution in [2.24, 2.45) is 0 Å². The zero-order chi connectivity index (χ0) is 17.4. The summed E-state index contributed by atoms with van der Waals surface area (Å²) >= 11 is 0. The molecule has 0 unspecified atom stereocenters. The van der Waals surface area contributed by atoms with E-state index in [4.69, 9.17) is 0 Å². The van der Waals surface area contributed by atoms with Crippen LogP contribution in [-0.4, -0.2) is 36.6 Å². The molecule has 0 spiro atoms. The van der Waals surface area contributed by atoms with Crippen molar-refractivity contribution >= 4 is 27.5 Å². The topological polar surface area (TPSA) is 110 Å². The molecule has 0 saturated carbocycles. The zero-order valence-electron chi connectivity index (χ0n) is 13.3. The first-order valence-corrected chi connectivity index (χ1v) is 8.89. The quantitative estimate of drug-likeness (QED) is 0.608. The fourth-order valence-corrected chi connectivity index (χ4v) is 3.76. The molecule has 2 amide bonds. The predicted molar refractivity (Wildman–Crippen MR) is 85.4 cm³/mol. The minimum Gasteiger partial charge on any atom is -0.344 e. The van der Waals surface area contributed by atoms with Crippen LogP contribution in [0.25, 0.3) is 0 Å². The van der Waals surface area contributed by atoms with Gasteiger partial charge in [0.2, 0.25) is 0 Å². The Kier molecular flexibility index (Phi) is 4.34. The lowest BCUT2D eigenvalue weighted by molar-refractivity contribution is -0.136. The highest BCUT2D eigenvalue weighted by Gasteiger charge is 2.35. The molecule has 9 heteroatoms. The van der Waals surface area contributed by atoms with Gasteiger partial charge in [0.1, 0.15) is 5.82 Å². The highest BCUT2D eigenvalue weighted by molar-refractivity contribution is 7.90. The Bertz CT molecular complexity index is 771. The SMILES string of the molecule is C=CCNC(=O)C(=O)Nc1c2c(nn1C(C)(C)C)CS(=O)(=O)C2. The molecule has 0 bridgehead atoms. The predicted octanol–water partition coefficient (Wildman–Crippen LogP) is 0.307. The Morgan fingerprint density at radius 1 is 1.30 bits per heavy atom. The van der Waals surface area contributed by atoms with Crippen LogP contribution >= 0.6 is 0 Å². The summed E-state index contributed by atoms with van der Waals surface area (Å²) in [4.78, 5) is 23.7. The van der Waals surface area contributed by atoms with Crippen LogP contribution in [0.5, 0.6) is 0 Å². The summed E-state index contributed by atoms with van der Waals surface area (Å²) in [7, 11) is -3.26. The number of amides is 2. The lowest BCUT2D eigenvalue weighted by Gasteiger charge is -2.23. The number of hydrogen-bond donors (Lipinski definition) is 2. The number of nitrogens with one attached hydrogen (secondary N) is 2. The van der Waals surface area contributed by atoms with E-state index in [0.29, 0.717) is 11.3 Å². The first-order valence-electron chi connectivity index (χ1n) is 7.07. The number of carbonyl (C=O) groups excluding carboxylic acids is 2. The summed E-state index contributed by atoms with van der Waals surface area (Å²) in [6.07, 6.45) is 1.45. The summed E-state index contributed by atoms with van der Waals surface area (Å²) in [5, 5.41) is 9.17. The maximum Gasteiger partial charge on any atom is 0.314 e. The second-order valence-corrected chi connectivity index (χ2v) is 8.41. The number of hydrogen-bond acceptors (Lipinski definition) is 5. The van der Waals surface area contributed by atoms with Gasteiger partial charge in [0.25, 0.3) is 0 Å². The average molecular weight is 340 g/mol. The molecular formula is C14H20N4O4S. The van der Waals surface area contributed by atoms with Crippen LogP contribution in [0.3, 0.4) is 0 Å². The highest BCUT2D eigenvalue weighted by Crippen LogP contribution is 2.34. The van der Waals surface area contributed by atoms with Crippen LogP contribution in [0, 0.1) is 0 Å². The molecule has 0 aromatic carbocycles. The van der Waals surface area contributed by atoms with Crippen LogP contribution in [0.15, 0.2) is 12.7 Å². The van der Waals surface area contributed by atoms with Crippen molar-refractivity contribution in [3.8, 4) is 0 Å². The molecule has 0 fully saturated rings. The van der Waals surface area contributed by atoms with Crippen molar-refractivity contribution in [3.05, 3.63) is 23.9 Å². The molecule has 1 aliphatic rings. The normalized spacial score (nSPS) is 15.8. The van der Waals surface area contributed by atoms with E-state index in [-0.39, 0.29) is 23.9 Å². The molecule has 23 heavy (non-hydrogen) atoms. The number of aromatic nitrogens is 2. The molecular weight excluding hydrogens is 320 g/mol. The van der Waals surface area contributed by atoms with Crippen LogP contribution in [0.1, 0.15) is 32.0 Å². The van der Waals surface area contributed by atoms with Gasteiger partial charge in [0.05, 0.1) is 22.7 Å². The number of anilines is 1. The summed E-state index contributed by atoms with van der Waals surface area (Å²) in [6, 6.07) is 0. The standard InChI is InChI=1S/C14H20N4O4S/c1-5-6-15-12(19)13(20)16-11-9-7-23(21,22)8-10(9)17-18(11)14(2,3)4/h5H,1,6-8H2,2-4H3,(H,15,19)(H,16,20). The molecule has 1 aromatic rings. The first kappa shape index (κ1) is 17.2. The van der Waals surface area contributed by atoms with Crippen molar-refractivity contribution in [1.29, 1.82) is 0 Å². The average Bonchev–Trinajstić information content (AvgIpc) is 2.88. The smallest absolute Gasteiger partial charge is 0.314 e. The van der Waals surface area contributed by atoms with Gasteiger partial charge in [-0.25, -0.2) is 13.1 Å².